The van der Waals surface area contributed by atoms with E-state index in [4.69, 9.17) is 6.42 Å². The Hall–Kier alpha value is -2.17. The number of hydrogen-bond donors (Lipinski definition) is 0. The van der Waals surface area contributed by atoms with Crippen LogP contribution in [0.15, 0.2) is 24.3 Å². The Balaban J connectivity index is 2.18. The first-order chi connectivity index (χ1) is 11.1. The van der Waals surface area contributed by atoms with Crippen molar-refractivity contribution in [3.05, 3.63) is 35.4 Å². The fourth-order valence-electron chi connectivity index (χ4n) is 2.69. The van der Waals surface area contributed by atoms with E-state index in [-0.39, 0.29) is 18.8 Å². The van der Waals surface area contributed by atoms with Crippen LogP contribution in [-0.2, 0) is 10.0 Å². The van der Waals surface area contributed by atoms with Crippen LogP contribution in [0.2, 0.25) is 0 Å². The molecule has 1 aliphatic heterocycles. The summed E-state index contributed by atoms with van der Waals surface area (Å²) in [6.45, 7) is 3.41. The highest BCUT2D eigenvalue weighted by molar-refractivity contribution is 7.89. The number of hydrogen-bond acceptors (Lipinski definition) is 4. The fraction of sp³-hybridized carbons (Fsp3) is 0.412. The van der Waals surface area contributed by atoms with E-state index in [1.54, 1.807) is 38.1 Å². The molecule has 128 valence electrons. The SMILES string of the molecule is C#CCN(C)S(=O)(=O)CC(C)(C)CN1C(=O)c2ccccc2C1=O. The first kappa shape index (κ1) is 18.2. The van der Waals surface area contributed by atoms with Gasteiger partial charge in [0.25, 0.3) is 11.8 Å². The van der Waals surface area contributed by atoms with Gasteiger partial charge in [-0.05, 0) is 17.5 Å². The third kappa shape index (κ3) is 3.50. The lowest BCUT2D eigenvalue weighted by Gasteiger charge is -2.30. The number of benzene rings is 1. The van der Waals surface area contributed by atoms with Gasteiger partial charge in [0.1, 0.15) is 0 Å². The number of nitrogens with zero attached hydrogens (tertiary/aromatic N) is 2. The average molecular weight is 348 g/mol. The standard InChI is InChI=1S/C17H20N2O4S/c1-5-10-18(4)24(22,23)12-17(2,3)11-19-15(20)13-8-6-7-9-14(13)16(19)21/h1,6-9H,10-12H2,2-4H3. The van der Waals surface area contributed by atoms with E-state index in [2.05, 4.69) is 5.92 Å². The molecule has 0 N–H and O–H groups in total. The van der Waals surface area contributed by atoms with Gasteiger partial charge in [-0.15, -0.1) is 6.42 Å². The Morgan fingerprint density at radius 2 is 1.67 bits per heavy atom. The summed E-state index contributed by atoms with van der Waals surface area (Å²) < 4.78 is 25.8. The first-order valence-electron chi connectivity index (χ1n) is 7.42. The molecular weight excluding hydrogens is 328 g/mol. The Morgan fingerprint density at radius 3 is 2.12 bits per heavy atom. The second-order valence-corrected chi connectivity index (χ2v) is 8.70. The van der Waals surface area contributed by atoms with E-state index in [0.29, 0.717) is 11.1 Å². The van der Waals surface area contributed by atoms with E-state index < -0.39 is 27.3 Å². The van der Waals surface area contributed by atoms with Gasteiger partial charge < -0.3 is 0 Å². The average Bonchev–Trinajstić information content (AvgIpc) is 2.72. The van der Waals surface area contributed by atoms with Gasteiger partial charge in [0.2, 0.25) is 10.0 Å². The molecule has 0 unspecified atom stereocenters. The van der Waals surface area contributed by atoms with Crippen LogP contribution in [-0.4, -0.2) is 55.3 Å². The molecule has 1 aromatic carbocycles. The molecule has 1 aliphatic rings. The van der Waals surface area contributed by atoms with E-state index >= 15 is 0 Å². The van der Waals surface area contributed by atoms with Crippen LogP contribution in [0.25, 0.3) is 0 Å². The van der Waals surface area contributed by atoms with Crippen LogP contribution < -0.4 is 0 Å². The van der Waals surface area contributed by atoms with E-state index in [1.165, 1.54) is 7.05 Å². The highest BCUT2D eigenvalue weighted by atomic mass is 32.2. The van der Waals surface area contributed by atoms with Gasteiger partial charge in [0.05, 0.1) is 23.4 Å². The van der Waals surface area contributed by atoms with Crippen LogP contribution in [0, 0.1) is 17.8 Å². The second-order valence-electron chi connectivity index (χ2n) is 6.62. The lowest BCUT2D eigenvalue weighted by atomic mass is 9.95. The predicted molar refractivity (Wildman–Crippen MR) is 90.8 cm³/mol. The number of terminal acetylenes is 1. The molecule has 1 aromatic rings. The highest BCUT2D eigenvalue weighted by Gasteiger charge is 2.40. The molecule has 0 radical (unpaired) electrons. The van der Waals surface area contributed by atoms with Gasteiger partial charge in [0, 0.05) is 13.6 Å². The number of fused-ring (bicyclic) bond motifs is 1. The normalized spacial score (nSPS) is 14.9. The van der Waals surface area contributed by atoms with Crippen molar-refractivity contribution < 1.29 is 18.0 Å². The smallest absolute Gasteiger partial charge is 0.261 e. The minimum atomic E-state index is -3.58. The van der Waals surface area contributed by atoms with Crippen molar-refractivity contribution in [2.75, 3.05) is 25.9 Å². The third-order valence-corrected chi connectivity index (χ3v) is 6.05. The summed E-state index contributed by atoms with van der Waals surface area (Å²) in [5.74, 6) is 1.29. The molecule has 0 fully saturated rings. The third-order valence-electron chi connectivity index (χ3n) is 3.83. The summed E-state index contributed by atoms with van der Waals surface area (Å²) >= 11 is 0. The van der Waals surface area contributed by atoms with Crippen LogP contribution in [0.5, 0.6) is 0 Å². The summed E-state index contributed by atoms with van der Waals surface area (Å²) in [5.41, 5.74) is -0.106. The largest absolute Gasteiger partial charge is 0.274 e. The van der Waals surface area contributed by atoms with Crippen molar-refractivity contribution in [3.8, 4) is 12.3 Å². The molecule has 0 bridgehead atoms. The van der Waals surface area contributed by atoms with E-state index in [9.17, 15) is 18.0 Å². The number of rotatable bonds is 6. The Labute approximate surface area is 142 Å². The molecule has 0 atom stereocenters. The number of sulfonamides is 1. The number of amides is 2. The van der Waals surface area contributed by atoms with Gasteiger partial charge in [0.15, 0.2) is 0 Å². The van der Waals surface area contributed by atoms with Gasteiger partial charge in [-0.1, -0.05) is 31.9 Å². The quantitative estimate of drug-likeness (QED) is 0.572. The maximum absolute atomic E-state index is 12.4. The van der Waals surface area contributed by atoms with E-state index in [1.807, 2.05) is 0 Å². The monoisotopic (exact) mass is 348 g/mol. The lowest BCUT2D eigenvalue weighted by Crippen LogP contribution is -2.44. The van der Waals surface area contributed by atoms with Gasteiger partial charge in [-0.3, -0.25) is 14.5 Å². The zero-order chi connectivity index (χ0) is 18.1. The molecule has 0 aromatic heterocycles. The van der Waals surface area contributed by atoms with Gasteiger partial charge >= 0.3 is 0 Å². The highest BCUT2D eigenvalue weighted by Crippen LogP contribution is 2.28. The molecular formula is C17H20N2O4S. The molecule has 2 amide bonds. The molecule has 1 heterocycles. The Bertz CT molecular complexity index is 786. The minimum absolute atomic E-state index is 0.0163. The van der Waals surface area contributed by atoms with Gasteiger partial charge in [-0.25, -0.2) is 8.42 Å². The summed E-state index contributed by atoms with van der Waals surface area (Å²) in [5, 5.41) is 0. The van der Waals surface area contributed by atoms with Crippen LogP contribution in [0.3, 0.4) is 0 Å². The maximum Gasteiger partial charge on any atom is 0.261 e. The number of imide groups is 1. The van der Waals surface area contributed by atoms with Crippen LogP contribution in [0.4, 0.5) is 0 Å². The first-order valence-corrected chi connectivity index (χ1v) is 9.03. The molecule has 0 saturated heterocycles. The zero-order valence-electron chi connectivity index (χ0n) is 13.9. The molecule has 6 nitrogen and oxygen atoms in total. The summed E-state index contributed by atoms with van der Waals surface area (Å²) in [7, 11) is -2.17. The van der Waals surface area contributed by atoms with E-state index in [0.717, 1.165) is 9.21 Å². The molecule has 7 heteroatoms. The minimum Gasteiger partial charge on any atom is -0.274 e. The molecule has 2 rings (SSSR count). The maximum atomic E-state index is 12.4. The van der Waals surface area contributed by atoms with Crippen LogP contribution in [0.1, 0.15) is 34.6 Å². The van der Waals surface area contributed by atoms with Crippen molar-refractivity contribution in [1.29, 1.82) is 0 Å². The summed E-state index contributed by atoms with van der Waals surface area (Å²) in [4.78, 5) is 25.9. The molecule has 0 spiro atoms. The lowest BCUT2D eigenvalue weighted by molar-refractivity contribution is 0.0601. The Morgan fingerprint density at radius 1 is 1.17 bits per heavy atom. The fourth-order valence-corrected chi connectivity index (χ4v) is 4.26. The van der Waals surface area contributed by atoms with Crippen molar-refractivity contribution in [2.24, 2.45) is 5.41 Å². The van der Waals surface area contributed by atoms with Crippen molar-refractivity contribution in [2.45, 2.75) is 13.8 Å². The molecule has 0 saturated carbocycles. The number of carbonyl (C=O) groups excluding carboxylic acids is 2. The predicted octanol–water partition coefficient (Wildman–Crippen LogP) is 1.20. The van der Waals surface area contributed by atoms with Crippen molar-refractivity contribution in [3.63, 3.8) is 0 Å². The Kier molecular flexibility index (Phi) is 4.83. The van der Waals surface area contributed by atoms with Crippen molar-refractivity contribution >= 4 is 21.8 Å². The van der Waals surface area contributed by atoms with Gasteiger partial charge in [-0.2, -0.15) is 4.31 Å². The van der Waals surface area contributed by atoms with Crippen LogP contribution >= 0.6 is 0 Å². The molecule has 0 aliphatic carbocycles. The summed E-state index contributed by atoms with van der Waals surface area (Å²) in [6, 6.07) is 6.58. The number of carbonyl (C=O) groups is 2. The topological polar surface area (TPSA) is 74.8 Å². The summed E-state index contributed by atoms with van der Waals surface area (Å²) in [6.07, 6.45) is 5.15. The molecule has 24 heavy (non-hydrogen) atoms. The second kappa shape index (κ2) is 6.38. The zero-order valence-corrected chi connectivity index (χ0v) is 14.8. The van der Waals surface area contributed by atoms with Crippen molar-refractivity contribution in [1.82, 2.24) is 9.21 Å².